The zero-order valence-electron chi connectivity index (χ0n) is 18.7. The summed E-state index contributed by atoms with van der Waals surface area (Å²) < 4.78 is 8.47. The van der Waals surface area contributed by atoms with E-state index in [1.54, 1.807) is 24.3 Å². The van der Waals surface area contributed by atoms with Gasteiger partial charge < -0.3 is 25.4 Å². The number of urea groups is 1. The van der Waals surface area contributed by atoms with Crippen LogP contribution in [0, 0.1) is 0 Å². The van der Waals surface area contributed by atoms with Crippen LogP contribution in [0.15, 0.2) is 59.7 Å². The molecule has 0 radical (unpaired) electrons. The number of amides is 2. The van der Waals surface area contributed by atoms with Crippen molar-refractivity contribution in [3.05, 3.63) is 87.3 Å². The molecule has 1 heterocycles. The van der Waals surface area contributed by atoms with E-state index in [1.807, 2.05) is 0 Å². The lowest BCUT2D eigenvalue weighted by Crippen LogP contribution is -2.23. The molecule has 0 aliphatic carbocycles. The van der Waals surface area contributed by atoms with Crippen LogP contribution in [0.25, 0.3) is 10.4 Å². The summed E-state index contributed by atoms with van der Waals surface area (Å²) in [7, 11) is 0. The lowest BCUT2D eigenvalue weighted by Gasteiger charge is -2.29. The monoisotopic (exact) mass is 507 g/mol. The summed E-state index contributed by atoms with van der Waals surface area (Å²) in [6.07, 6.45) is 0.594. The number of hydrogen-bond donors (Lipinski definition) is 5. The summed E-state index contributed by atoms with van der Waals surface area (Å²) in [5.74, 6) is -0.563. The van der Waals surface area contributed by atoms with Crippen LogP contribution in [-0.4, -0.2) is 39.6 Å². The summed E-state index contributed by atoms with van der Waals surface area (Å²) in [6, 6.07) is 13.2. The molecular formula is C24H21N5O6S. The molecule has 0 atom stereocenters. The molecule has 0 unspecified atom stereocenters. The van der Waals surface area contributed by atoms with E-state index in [-0.39, 0.29) is 22.7 Å². The van der Waals surface area contributed by atoms with Crippen LogP contribution >= 0.6 is 11.9 Å². The first-order valence-corrected chi connectivity index (χ1v) is 11.8. The number of carboxylic acid groups (broad SMARTS) is 1. The number of phenols is 2. The Labute approximate surface area is 209 Å². The third-order valence-corrected chi connectivity index (χ3v) is 6.24. The Morgan fingerprint density at radius 3 is 2.25 bits per heavy atom. The van der Waals surface area contributed by atoms with Crippen molar-refractivity contribution in [3.8, 4) is 23.0 Å². The number of hydrogen-bond acceptors (Lipinski definition) is 7. The van der Waals surface area contributed by atoms with Crippen molar-refractivity contribution in [1.29, 1.82) is 0 Å². The number of rotatable bonds is 8. The molecule has 3 aromatic carbocycles. The van der Waals surface area contributed by atoms with Gasteiger partial charge in [0.15, 0.2) is 0 Å². The molecule has 5 N–H and O–H groups in total. The zero-order valence-corrected chi connectivity index (χ0v) is 19.5. The van der Waals surface area contributed by atoms with Gasteiger partial charge in [0.25, 0.3) is 0 Å². The first kappa shape index (κ1) is 24.6. The van der Waals surface area contributed by atoms with E-state index in [4.69, 9.17) is 10.3 Å². The molecule has 36 heavy (non-hydrogen) atoms. The van der Waals surface area contributed by atoms with Crippen molar-refractivity contribution < 1.29 is 29.6 Å². The summed E-state index contributed by atoms with van der Waals surface area (Å²) in [5, 5.41) is 35.9. The molecule has 0 fully saturated rings. The van der Waals surface area contributed by atoms with Gasteiger partial charge in [-0.25, -0.2) is 9.59 Å². The first-order chi connectivity index (χ1) is 17.4. The van der Waals surface area contributed by atoms with Crippen molar-refractivity contribution in [1.82, 2.24) is 4.72 Å². The second-order valence-corrected chi connectivity index (χ2v) is 8.70. The topological polar surface area (TPSA) is 177 Å². The van der Waals surface area contributed by atoms with E-state index in [9.17, 15) is 24.9 Å². The first-order valence-electron chi connectivity index (χ1n) is 10.8. The molecule has 184 valence electrons. The molecule has 1 aliphatic rings. The number of aromatic carboxylic acids is 1. The zero-order chi connectivity index (χ0) is 25.7. The van der Waals surface area contributed by atoms with Crippen LogP contribution in [0.3, 0.4) is 0 Å². The minimum atomic E-state index is -1.19. The number of nitrogens with zero attached hydrogens (tertiary/aromatic N) is 3. The largest absolute Gasteiger partial charge is 0.508 e. The Bertz CT molecular complexity index is 1320. The number of nitrogens with one attached hydrogen (secondary N) is 2. The standard InChI is InChI=1S/C24H21N5O6S/c25-29-26-8-1-9-36-28-24(34)27-13-2-5-16(19(10-13)23(32)33)22-17-6-3-14(30)11-20(17)35-21-12-15(31)4-7-18(21)22/h2-7,10-12,22,30-31H,1,8-9H2,(H,32,33)(H2,27,28,34). The smallest absolute Gasteiger partial charge is 0.336 e. The molecule has 0 aromatic heterocycles. The van der Waals surface area contributed by atoms with Gasteiger partial charge in [-0.1, -0.05) is 23.3 Å². The lowest BCUT2D eigenvalue weighted by atomic mass is 9.80. The molecular weight excluding hydrogens is 486 g/mol. The van der Waals surface area contributed by atoms with E-state index in [0.29, 0.717) is 46.9 Å². The average Bonchev–Trinajstić information content (AvgIpc) is 2.84. The van der Waals surface area contributed by atoms with Crippen LogP contribution in [0.4, 0.5) is 10.5 Å². The number of azide groups is 1. The highest BCUT2D eigenvalue weighted by atomic mass is 32.2. The quantitative estimate of drug-likeness (QED) is 0.0682. The van der Waals surface area contributed by atoms with Gasteiger partial charge in [-0.15, -0.1) is 0 Å². The van der Waals surface area contributed by atoms with Crippen LogP contribution < -0.4 is 14.8 Å². The molecule has 2 amide bonds. The molecule has 12 heteroatoms. The number of carboxylic acids is 1. The third kappa shape index (κ3) is 5.40. The van der Waals surface area contributed by atoms with Crippen LogP contribution in [0.2, 0.25) is 0 Å². The van der Waals surface area contributed by atoms with Gasteiger partial charge in [0, 0.05) is 52.1 Å². The minimum absolute atomic E-state index is 0.0178. The summed E-state index contributed by atoms with van der Waals surface area (Å²) in [4.78, 5) is 27.1. The maximum atomic E-state index is 12.3. The second kappa shape index (κ2) is 10.8. The highest BCUT2D eigenvalue weighted by Gasteiger charge is 2.32. The van der Waals surface area contributed by atoms with E-state index in [0.717, 1.165) is 11.9 Å². The fourth-order valence-corrected chi connectivity index (χ4v) is 4.47. The van der Waals surface area contributed by atoms with Crippen LogP contribution in [-0.2, 0) is 0 Å². The Morgan fingerprint density at radius 2 is 1.64 bits per heavy atom. The molecule has 4 rings (SSSR count). The number of phenolic OH excluding ortho intramolecular Hbond substituents is 2. The number of anilines is 1. The summed E-state index contributed by atoms with van der Waals surface area (Å²) in [5.41, 5.74) is 10.3. The Morgan fingerprint density at radius 1 is 1.00 bits per heavy atom. The van der Waals surface area contributed by atoms with E-state index in [2.05, 4.69) is 20.1 Å². The van der Waals surface area contributed by atoms with Crippen LogP contribution in [0.1, 0.15) is 39.4 Å². The number of carbonyl (C=O) groups excluding carboxylic acids is 1. The minimum Gasteiger partial charge on any atom is -0.508 e. The maximum Gasteiger partial charge on any atom is 0.336 e. The second-order valence-electron chi connectivity index (χ2n) is 7.80. The fraction of sp³-hybridized carbons (Fsp3) is 0.167. The highest BCUT2D eigenvalue weighted by molar-refractivity contribution is 7.97. The summed E-state index contributed by atoms with van der Waals surface area (Å²) >= 11 is 1.14. The maximum absolute atomic E-state index is 12.3. The third-order valence-electron chi connectivity index (χ3n) is 5.42. The highest BCUT2D eigenvalue weighted by Crippen LogP contribution is 2.49. The molecule has 0 saturated carbocycles. The lowest BCUT2D eigenvalue weighted by molar-refractivity contribution is 0.0695. The molecule has 1 aliphatic heterocycles. The Balaban J connectivity index is 1.62. The molecule has 3 aromatic rings. The van der Waals surface area contributed by atoms with Crippen molar-refractivity contribution in [3.63, 3.8) is 0 Å². The predicted molar refractivity (Wildman–Crippen MR) is 134 cm³/mol. The fourth-order valence-electron chi connectivity index (χ4n) is 3.92. The molecule has 11 nitrogen and oxygen atoms in total. The van der Waals surface area contributed by atoms with Crippen LogP contribution in [0.5, 0.6) is 23.0 Å². The van der Waals surface area contributed by atoms with E-state index >= 15 is 0 Å². The van der Waals surface area contributed by atoms with Gasteiger partial charge in [0.2, 0.25) is 0 Å². The number of aromatic hydroxyl groups is 2. The SMILES string of the molecule is [N-]=[N+]=NCCCSNC(=O)Nc1ccc(C2c3ccc(O)cc3Oc3cc(O)ccc32)c(C(=O)O)c1. The Kier molecular flexibility index (Phi) is 7.38. The normalized spacial score (nSPS) is 11.9. The molecule has 0 spiro atoms. The molecule has 0 saturated heterocycles. The Hall–Kier alpha value is -4.54. The van der Waals surface area contributed by atoms with Gasteiger partial charge in [0.05, 0.1) is 5.56 Å². The van der Waals surface area contributed by atoms with Gasteiger partial charge in [-0.3, -0.25) is 4.72 Å². The molecule has 0 bridgehead atoms. The number of carbonyl (C=O) groups is 2. The number of benzene rings is 3. The number of fused-ring (bicyclic) bond motifs is 2. The van der Waals surface area contributed by atoms with Crippen molar-refractivity contribution >= 4 is 29.6 Å². The number of ether oxygens (including phenoxy) is 1. The van der Waals surface area contributed by atoms with E-state index < -0.39 is 17.9 Å². The average molecular weight is 508 g/mol. The van der Waals surface area contributed by atoms with Gasteiger partial charge in [0.1, 0.15) is 23.0 Å². The summed E-state index contributed by atoms with van der Waals surface area (Å²) in [6.45, 7) is 0.327. The van der Waals surface area contributed by atoms with Crippen molar-refractivity contribution in [2.75, 3.05) is 17.6 Å². The van der Waals surface area contributed by atoms with Gasteiger partial charge in [-0.05, 0) is 53.7 Å². The van der Waals surface area contributed by atoms with Gasteiger partial charge >= 0.3 is 12.0 Å². The predicted octanol–water partition coefficient (Wildman–Crippen LogP) is 5.55. The van der Waals surface area contributed by atoms with E-state index in [1.165, 1.54) is 30.3 Å². The van der Waals surface area contributed by atoms with Crippen molar-refractivity contribution in [2.24, 2.45) is 5.11 Å². The van der Waals surface area contributed by atoms with Gasteiger partial charge in [-0.2, -0.15) is 0 Å². The van der Waals surface area contributed by atoms with Crippen molar-refractivity contribution in [2.45, 2.75) is 12.3 Å².